The Labute approximate surface area is 71.0 Å². The molecule has 0 aliphatic rings. The normalized spacial score (nSPS) is 13.3. The van der Waals surface area contributed by atoms with Crippen LogP contribution in [0.2, 0.25) is 0 Å². The van der Waals surface area contributed by atoms with Gasteiger partial charge >= 0.3 is 0 Å². The Balaban J connectivity index is 4.01. The first-order chi connectivity index (χ1) is 3.89. The van der Waals surface area contributed by atoms with E-state index >= 15 is 0 Å². The molecule has 0 atom stereocenters. The molecule has 0 aliphatic carbocycles. The van der Waals surface area contributed by atoms with Crippen LogP contribution in [0.25, 0.3) is 0 Å². The van der Waals surface area contributed by atoms with E-state index in [9.17, 15) is 8.78 Å². The fourth-order valence-electron chi connectivity index (χ4n) is 0.0952. The minimum absolute atomic E-state index is 1.49. The van der Waals surface area contributed by atoms with Crippen LogP contribution in [0.15, 0.2) is 0 Å². The van der Waals surface area contributed by atoms with Gasteiger partial charge in [-0.3, -0.25) is 0 Å². The van der Waals surface area contributed by atoms with Crippen LogP contribution in [-0.2, 0) is 0 Å². The molecule has 0 spiro atoms. The summed E-state index contributed by atoms with van der Waals surface area (Å²) in [6, 6.07) is 0. The molecule has 0 fully saturated rings. The van der Waals surface area contributed by atoms with Crippen LogP contribution in [-0.4, -0.2) is 15.6 Å². The van der Waals surface area contributed by atoms with Gasteiger partial charge < -0.3 is 0 Å². The molecule has 9 heavy (non-hydrogen) atoms. The van der Waals surface area contributed by atoms with Gasteiger partial charge in [0.2, 0.25) is 4.33 Å². The number of rotatable bonds is 2. The minimum atomic E-state index is -2.94. The zero-order valence-electron chi connectivity index (χ0n) is 3.92. The third kappa shape index (κ3) is 2.62. The van der Waals surface area contributed by atoms with Crippen molar-refractivity contribution in [1.82, 2.24) is 0 Å². The molecule has 56 valence electrons. The lowest BCUT2D eigenvalue weighted by molar-refractivity contribution is 0.132. The van der Waals surface area contributed by atoms with E-state index in [2.05, 4.69) is 0 Å². The van der Waals surface area contributed by atoms with Gasteiger partial charge in [-0.15, -0.1) is 23.2 Å². The summed E-state index contributed by atoms with van der Waals surface area (Å²) >= 11 is 19.9. The van der Waals surface area contributed by atoms with Crippen LogP contribution in [0.3, 0.4) is 0 Å². The van der Waals surface area contributed by atoms with Crippen molar-refractivity contribution in [3.63, 3.8) is 0 Å². The third-order valence-corrected chi connectivity index (χ3v) is 2.48. The Kier molecular flexibility index (Phi) is 3.81. The van der Waals surface area contributed by atoms with Crippen molar-refractivity contribution in [2.75, 3.05) is 0 Å². The van der Waals surface area contributed by atoms with Gasteiger partial charge in [-0.25, -0.2) is 8.78 Å². The van der Waals surface area contributed by atoms with Crippen molar-refractivity contribution in [1.29, 1.82) is 0 Å². The van der Waals surface area contributed by atoms with Crippen LogP contribution in [0.4, 0.5) is 8.78 Å². The van der Waals surface area contributed by atoms with Gasteiger partial charge in [0.15, 0.2) is 0 Å². The van der Waals surface area contributed by atoms with E-state index in [-0.39, 0.29) is 0 Å². The highest BCUT2D eigenvalue weighted by Gasteiger charge is 2.42. The number of halogens is 6. The second-order valence-electron chi connectivity index (χ2n) is 1.28. The summed E-state index contributed by atoms with van der Waals surface area (Å²) in [5, 5.41) is 0. The predicted octanol–water partition coefficient (Wildman–Crippen LogP) is 3.23. The summed E-state index contributed by atoms with van der Waals surface area (Å²) in [5.41, 5.74) is 0. The first-order valence-electron chi connectivity index (χ1n) is 1.83. The zero-order valence-corrected chi connectivity index (χ0v) is 6.95. The van der Waals surface area contributed by atoms with Gasteiger partial charge in [0.1, 0.15) is 4.84 Å². The Morgan fingerprint density at radius 3 is 1.44 bits per heavy atom. The molecule has 0 amide bonds. The lowest BCUT2D eigenvalue weighted by Gasteiger charge is -2.18. The van der Waals surface area contributed by atoms with E-state index < -0.39 is 15.6 Å². The average molecular weight is 218 g/mol. The average Bonchev–Trinajstić information content (AvgIpc) is 1.65. The summed E-state index contributed by atoms with van der Waals surface area (Å²) in [7, 11) is 0. The van der Waals surface area contributed by atoms with Gasteiger partial charge in [-0.05, 0) is 0 Å². The molecule has 0 heterocycles. The van der Waals surface area contributed by atoms with Gasteiger partial charge in [0, 0.05) is 0 Å². The molecule has 0 aromatic carbocycles. The van der Waals surface area contributed by atoms with E-state index in [4.69, 9.17) is 46.4 Å². The quantitative estimate of drug-likeness (QED) is 0.624. The second-order valence-corrected chi connectivity index (χ2v) is 3.82. The second kappa shape index (κ2) is 3.42. The fraction of sp³-hybridized carbons (Fsp3) is 1.00. The van der Waals surface area contributed by atoms with Crippen LogP contribution in [0.5, 0.6) is 0 Å². The number of alkyl halides is 6. The van der Waals surface area contributed by atoms with Crippen LogP contribution < -0.4 is 0 Å². The molecule has 0 bridgehead atoms. The van der Waals surface area contributed by atoms with Gasteiger partial charge in [0.05, 0.1) is 0 Å². The van der Waals surface area contributed by atoms with Crippen LogP contribution >= 0.6 is 46.4 Å². The van der Waals surface area contributed by atoms with E-state index in [1.165, 1.54) is 0 Å². The van der Waals surface area contributed by atoms with Crippen molar-refractivity contribution in [3.05, 3.63) is 0 Å². The monoisotopic (exact) mass is 216 g/mol. The molecular formula is C3H2Cl4F2. The standard InChI is InChI=1S/C3H2Cl4F2/c4-1(5)3(6,7)2(8)9/h1-2H. The Bertz CT molecular complexity index is 81.8. The topological polar surface area (TPSA) is 0 Å². The van der Waals surface area contributed by atoms with Crippen LogP contribution in [0.1, 0.15) is 0 Å². The molecule has 0 aromatic heterocycles. The molecule has 0 radical (unpaired) electrons. The summed E-state index contributed by atoms with van der Waals surface area (Å²) in [4.78, 5) is -1.49. The lowest BCUT2D eigenvalue weighted by Crippen LogP contribution is -2.30. The molecule has 0 saturated heterocycles. The van der Waals surface area contributed by atoms with Gasteiger partial charge in [-0.2, -0.15) is 0 Å². The fourth-order valence-corrected chi connectivity index (χ4v) is 0.286. The summed E-state index contributed by atoms with van der Waals surface area (Å²) < 4.78 is 20.9. The Morgan fingerprint density at radius 1 is 1.11 bits per heavy atom. The summed E-state index contributed by atoms with van der Waals surface area (Å²) in [6.45, 7) is 0. The minimum Gasteiger partial charge on any atom is -0.207 e. The number of hydrogen-bond donors (Lipinski definition) is 0. The molecule has 0 N–H and O–H groups in total. The van der Waals surface area contributed by atoms with E-state index in [0.29, 0.717) is 0 Å². The number of hydrogen-bond acceptors (Lipinski definition) is 0. The summed E-state index contributed by atoms with van der Waals surface area (Å²) in [6.07, 6.45) is -2.94. The maximum absolute atomic E-state index is 11.6. The molecule has 0 aromatic rings. The lowest BCUT2D eigenvalue weighted by atomic mass is 10.5. The van der Waals surface area contributed by atoms with Gasteiger partial charge in [0.25, 0.3) is 6.43 Å². The third-order valence-electron chi connectivity index (χ3n) is 0.582. The van der Waals surface area contributed by atoms with Crippen molar-refractivity contribution in [2.45, 2.75) is 15.6 Å². The van der Waals surface area contributed by atoms with E-state index in [0.717, 1.165) is 0 Å². The highest BCUT2D eigenvalue weighted by molar-refractivity contribution is 6.60. The van der Waals surface area contributed by atoms with Crippen molar-refractivity contribution >= 4 is 46.4 Å². The molecule has 0 unspecified atom stereocenters. The maximum atomic E-state index is 11.6. The first kappa shape index (κ1) is 10.0. The van der Waals surface area contributed by atoms with Crippen LogP contribution in [0, 0.1) is 0 Å². The zero-order chi connectivity index (χ0) is 7.65. The SMILES string of the molecule is FC(F)C(Cl)(Cl)C(Cl)Cl. The van der Waals surface area contributed by atoms with Crippen molar-refractivity contribution < 1.29 is 8.78 Å². The van der Waals surface area contributed by atoms with E-state index in [1.54, 1.807) is 0 Å². The predicted molar refractivity (Wildman–Crippen MR) is 35.9 cm³/mol. The highest BCUT2D eigenvalue weighted by atomic mass is 35.5. The maximum Gasteiger partial charge on any atom is 0.273 e. The molecule has 0 rings (SSSR count). The molecule has 0 nitrogen and oxygen atoms in total. The van der Waals surface area contributed by atoms with Gasteiger partial charge in [-0.1, -0.05) is 23.2 Å². The first-order valence-corrected chi connectivity index (χ1v) is 3.46. The van der Waals surface area contributed by atoms with Crippen molar-refractivity contribution in [3.8, 4) is 0 Å². The molecule has 6 heteroatoms. The van der Waals surface area contributed by atoms with E-state index in [1.807, 2.05) is 0 Å². The van der Waals surface area contributed by atoms with Crippen molar-refractivity contribution in [2.24, 2.45) is 0 Å². The smallest absolute Gasteiger partial charge is 0.207 e. The highest BCUT2D eigenvalue weighted by Crippen LogP contribution is 2.37. The molecule has 0 aliphatic heterocycles. The molecule has 0 saturated carbocycles. The molecular weight excluding hydrogens is 216 g/mol. The Hall–Kier alpha value is 1.02. The summed E-state index contributed by atoms with van der Waals surface area (Å²) in [5.74, 6) is 0. The largest absolute Gasteiger partial charge is 0.273 e. The Morgan fingerprint density at radius 2 is 1.44 bits per heavy atom.